The van der Waals surface area contributed by atoms with Crippen molar-refractivity contribution in [3.63, 3.8) is 0 Å². The highest BCUT2D eigenvalue weighted by molar-refractivity contribution is 7.11. The third-order valence-corrected chi connectivity index (χ3v) is 4.51. The molecule has 0 bridgehead atoms. The molecule has 0 amide bonds. The number of morpholine rings is 1. The van der Waals surface area contributed by atoms with Gasteiger partial charge in [0.15, 0.2) is 0 Å². The zero-order valence-electron chi connectivity index (χ0n) is 12.3. The van der Waals surface area contributed by atoms with E-state index in [1.807, 2.05) is 13.1 Å². The van der Waals surface area contributed by atoms with E-state index in [0.717, 1.165) is 50.1 Å². The number of ether oxygens (including phenoxy) is 1. The molecule has 0 unspecified atom stereocenters. The maximum atomic E-state index is 5.38. The van der Waals surface area contributed by atoms with Crippen LogP contribution in [0.3, 0.4) is 0 Å². The van der Waals surface area contributed by atoms with Crippen molar-refractivity contribution in [3.8, 4) is 0 Å². The van der Waals surface area contributed by atoms with Crippen molar-refractivity contribution in [3.05, 3.63) is 45.9 Å². The number of rotatable bonds is 5. The van der Waals surface area contributed by atoms with Crippen molar-refractivity contribution in [2.45, 2.75) is 20.0 Å². The average molecular weight is 303 g/mol. The number of aromatic nitrogens is 1. The van der Waals surface area contributed by atoms with Crippen molar-refractivity contribution in [1.82, 2.24) is 9.88 Å². The minimum absolute atomic E-state index is 0.842. The van der Waals surface area contributed by atoms with E-state index in [4.69, 9.17) is 4.74 Å². The normalized spacial score (nSPS) is 16.0. The summed E-state index contributed by atoms with van der Waals surface area (Å²) in [7, 11) is 0. The first-order valence-electron chi connectivity index (χ1n) is 7.34. The summed E-state index contributed by atoms with van der Waals surface area (Å²) in [4.78, 5) is 7.98. The monoisotopic (exact) mass is 303 g/mol. The van der Waals surface area contributed by atoms with Gasteiger partial charge in [0.05, 0.1) is 24.8 Å². The molecule has 112 valence electrons. The van der Waals surface area contributed by atoms with Crippen LogP contribution >= 0.6 is 11.3 Å². The molecule has 1 aliphatic heterocycles. The molecule has 3 rings (SSSR count). The van der Waals surface area contributed by atoms with Crippen LogP contribution in [0, 0.1) is 6.92 Å². The number of benzene rings is 1. The number of nitrogens with one attached hydrogen (secondary N) is 1. The molecule has 2 heterocycles. The second-order valence-electron chi connectivity index (χ2n) is 5.28. The Morgan fingerprint density at radius 3 is 2.67 bits per heavy atom. The van der Waals surface area contributed by atoms with Crippen molar-refractivity contribution in [1.29, 1.82) is 0 Å². The topological polar surface area (TPSA) is 37.4 Å². The lowest BCUT2D eigenvalue weighted by molar-refractivity contribution is 0.0342. The van der Waals surface area contributed by atoms with E-state index in [9.17, 15) is 0 Å². The molecular weight excluding hydrogens is 282 g/mol. The minimum Gasteiger partial charge on any atom is -0.380 e. The number of thiazole rings is 1. The zero-order chi connectivity index (χ0) is 14.5. The summed E-state index contributed by atoms with van der Waals surface area (Å²) in [5.41, 5.74) is 2.52. The Morgan fingerprint density at radius 1 is 1.24 bits per heavy atom. The molecule has 2 aromatic rings. The van der Waals surface area contributed by atoms with E-state index < -0.39 is 0 Å². The van der Waals surface area contributed by atoms with E-state index in [1.54, 1.807) is 11.3 Å². The predicted molar refractivity (Wildman–Crippen MR) is 86.7 cm³/mol. The lowest BCUT2D eigenvalue weighted by Crippen LogP contribution is -2.35. The molecule has 21 heavy (non-hydrogen) atoms. The summed E-state index contributed by atoms with van der Waals surface area (Å²) in [5.74, 6) is 0. The molecule has 1 N–H and O–H groups in total. The first kappa shape index (κ1) is 14.5. The summed E-state index contributed by atoms with van der Waals surface area (Å²) >= 11 is 1.74. The maximum Gasteiger partial charge on any atom is 0.0897 e. The molecule has 0 saturated carbocycles. The molecule has 1 saturated heterocycles. The van der Waals surface area contributed by atoms with Gasteiger partial charge in [-0.2, -0.15) is 0 Å². The van der Waals surface area contributed by atoms with Crippen molar-refractivity contribution in [2.24, 2.45) is 0 Å². The second-order valence-corrected chi connectivity index (χ2v) is 6.60. The molecule has 1 aromatic heterocycles. The van der Waals surface area contributed by atoms with Crippen LogP contribution in [-0.4, -0.2) is 36.2 Å². The third-order valence-electron chi connectivity index (χ3n) is 3.60. The Labute approximate surface area is 129 Å². The van der Waals surface area contributed by atoms with Gasteiger partial charge in [0.25, 0.3) is 0 Å². The van der Waals surface area contributed by atoms with Gasteiger partial charge in [0.2, 0.25) is 0 Å². The molecule has 0 spiro atoms. The first-order valence-corrected chi connectivity index (χ1v) is 8.15. The van der Waals surface area contributed by atoms with Gasteiger partial charge >= 0.3 is 0 Å². The van der Waals surface area contributed by atoms with Crippen LogP contribution in [0.25, 0.3) is 0 Å². The van der Waals surface area contributed by atoms with Gasteiger partial charge < -0.3 is 10.1 Å². The van der Waals surface area contributed by atoms with E-state index in [0.29, 0.717) is 0 Å². The highest BCUT2D eigenvalue weighted by Gasteiger charge is 2.10. The number of hydrogen-bond donors (Lipinski definition) is 1. The van der Waals surface area contributed by atoms with E-state index in [2.05, 4.69) is 39.5 Å². The van der Waals surface area contributed by atoms with Crippen LogP contribution in [0.1, 0.15) is 15.4 Å². The number of nitrogens with zero attached hydrogens (tertiary/aromatic N) is 2. The van der Waals surface area contributed by atoms with Crippen LogP contribution in [0.5, 0.6) is 0 Å². The SMILES string of the molecule is Cc1ncc(CNc2ccc(CN3CCOCC3)cc2)s1. The molecule has 5 heteroatoms. The second kappa shape index (κ2) is 7.02. The maximum absolute atomic E-state index is 5.38. The smallest absolute Gasteiger partial charge is 0.0897 e. The summed E-state index contributed by atoms with van der Waals surface area (Å²) in [6.07, 6.45) is 1.94. The fraction of sp³-hybridized carbons (Fsp3) is 0.438. The number of aryl methyl sites for hydroxylation is 1. The molecule has 0 aliphatic carbocycles. The molecule has 0 radical (unpaired) electrons. The first-order chi connectivity index (χ1) is 10.3. The van der Waals surface area contributed by atoms with Gasteiger partial charge in [-0.15, -0.1) is 11.3 Å². The van der Waals surface area contributed by atoms with Crippen LogP contribution in [0.2, 0.25) is 0 Å². The highest BCUT2D eigenvalue weighted by Crippen LogP contribution is 2.16. The summed E-state index contributed by atoms with van der Waals surface area (Å²) in [6, 6.07) is 8.72. The Balaban J connectivity index is 1.51. The largest absolute Gasteiger partial charge is 0.380 e. The van der Waals surface area contributed by atoms with Crippen LogP contribution in [0.4, 0.5) is 5.69 Å². The van der Waals surface area contributed by atoms with Crippen LogP contribution in [-0.2, 0) is 17.8 Å². The predicted octanol–water partition coefficient (Wildman–Crippen LogP) is 2.90. The van der Waals surface area contributed by atoms with Gasteiger partial charge in [0, 0.05) is 36.4 Å². The molecule has 1 aliphatic rings. The fourth-order valence-corrected chi connectivity index (χ4v) is 3.16. The fourth-order valence-electron chi connectivity index (χ4n) is 2.42. The quantitative estimate of drug-likeness (QED) is 0.921. The molecule has 4 nitrogen and oxygen atoms in total. The van der Waals surface area contributed by atoms with E-state index in [-0.39, 0.29) is 0 Å². The van der Waals surface area contributed by atoms with Gasteiger partial charge in [-0.3, -0.25) is 4.90 Å². The van der Waals surface area contributed by atoms with Crippen molar-refractivity contribution >= 4 is 17.0 Å². The lowest BCUT2D eigenvalue weighted by atomic mass is 10.2. The molecule has 1 fully saturated rings. The lowest BCUT2D eigenvalue weighted by Gasteiger charge is -2.26. The van der Waals surface area contributed by atoms with Crippen LogP contribution < -0.4 is 5.32 Å². The van der Waals surface area contributed by atoms with Gasteiger partial charge in [-0.25, -0.2) is 4.98 Å². The van der Waals surface area contributed by atoms with Gasteiger partial charge in [-0.05, 0) is 24.6 Å². The number of hydrogen-bond acceptors (Lipinski definition) is 5. The summed E-state index contributed by atoms with van der Waals surface area (Å²) in [5, 5.41) is 4.56. The standard InChI is InChI=1S/C16H21N3OS/c1-13-17-10-16(21-13)11-18-15-4-2-14(3-5-15)12-19-6-8-20-9-7-19/h2-5,10,18H,6-9,11-12H2,1H3. The molecular formula is C16H21N3OS. The summed E-state index contributed by atoms with van der Waals surface area (Å²) < 4.78 is 5.38. The highest BCUT2D eigenvalue weighted by atomic mass is 32.1. The van der Waals surface area contributed by atoms with Gasteiger partial charge in [-0.1, -0.05) is 12.1 Å². The van der Waals surface area contributed by atoms with E-state index >= 15 is 0 Å². The van der Waals surface area contributed by atoms with E-state index in [1.165, 1.54) is 10.4 Å². The van der Waals surface area contributed by atoms with Crippen LogP contribution in [0.15, 0.2) is 30.5 Å². The van der Waals surface area contributed by atoms with Gasteiger partial charge in [0.1, 0.15) is 0 Å². The third kappa shape index (κ3) is 4.27. The average Bonchev–Trinajstić information content (AvgIpc) is 2.93. The Hall–Kier alpha value is -1.43. The van der Waals surface area contributed by atoms with Crippen molar-refractivity contribution < 1.29 is 4.74 Å². The zero-order valence-corrected chi connectivity index (χ0v) is 13.2. The minimum atomic E-state index is 0.842. The Kier molecular flexibility index (Phi) is 4.85. The Morgan fingerprint density at radius 2 is 2.00 bits per heavy atom. The molecule has 0 atom stereocenters. The number of anilines is 1. The van der Waals surface area contributed by atoms with Crippen molar-refractivity contribution in [2.75, 3.05) is 31.6 Å². The Bertz CT molecular complexity index is 561. The molecule has 1 aromatic carbocycles. The summed E-state index contributed by atoms with van der Waals surface area (Å²) in [6.45, 7) is 7.66.